The van der Waals surface area contributed by atoms with E-state index in [4.69, 9.17) is 10.7 Å². The Hall–Kier alpha value is -3.79. The van der Waals surface area contributed by atoms with Crippen LogP contribution in [0.15, 0.2) is 36.7 Å². The molecule has 1 saturated heterocycles. The summed E-state index contributed by atoms with van der Waals surface area (Å²) in [5, 5.41) is 3.90. The number of carbonyl (C=O) groups excluding carboxylic acids is 2. The first-order valence-electron chi connectivity index (χ1n) is 13.1. The molecule has 3 aromatic rings. The molecule has 3 heterocycles. The molecule has 3 N–H and O–H groups in total. The van der Waals surface area contributed by atoms with Crippen molar-refractivity contribution in [1.29, 1.82) is 0 Å². The van der Waals surface area contributed by atoms with Gasteiger partial charge < -0.3 is 20.9 Å². The van der Waals surface area contributed by atoms with Crippen molar-refractivity contribution in [3.8, 4) is 0 Å². The number of carbonyl (C=O) groups is 2. The Morgan fingerprint density at radius 2 is 1.95 bits per heavy atom. The summed E-state index contributed by atoms with van der Waals surface area (Å²) >= 11 is 0. The van der Waals surface area contributed by atoms with Crippen molar-refractivity contribution in [1.82, 2.24) is 30.1 Å². The van der Waals surface area contributed by atoms with Crippen LogP contribution in [-0.2, 0) is 11.3 Å². The zero-order valence-corrected chi connectivity index (χ0v) is 22.9. The summed E-state index contributed by atoms with van der Waals surface area (Å²) in [4.78, 5) is 45.1. The Kier molecular flexibility index (Phi) is 8.41. The number of fused-ring (bicyclic) bond motifs is 1. The number of nitrogens with two attached hydrogens (primary N) is 1. The fourth-order valence-electron chi connectivity index (χ4n) is 5.07. The van der Waals surface area contributed by atoms with Crippen LogP contribution in [0.3, 0.4) is 0 Å². The number of hydrogen-bond donors (Lipinski definition) is 2. The number of pyridine rings is 1. The van der Waals surface area contributed by atoms with Gasteiger partial charge in [-0.05, 0) is 51.8 Å². The fraction of sp³-hybridized carbons (Fsp3) is 0.464. The molecule has 38 heavy (non-hydrogen) atoms. The smallest absolute Gasteiger partial charge is 0.273 e. The van der Waals surface area contributed by atoms with E-state index in [9.17, 15) is 9.59 Å². The summed E-state index contributed by atoms with van der Waals surface area (Å²) in [5.41, 5.74) is 8.76. The van der Waals surface area contributed by atoms with Crippen LogP contribution >= 0.6 is 0 Å². The molecule has 4 rings (SSSR count). The number of nitrogens with one attached hydrogen (secondary N) is 1. The van der Waals surface area contributed by atoms with E-state index in [0.29, 0.717) is 19.1 Å². The third-order valence-corrected chi connectivity index (χ3v) is 7.24. The monoisotopic (exact) mass is 518 g/mol. The fourth-order valence-corrected chi connectivity index (χ4v) is 5.07. The molecule has 10 heteroatoms. The van der Waals surface area contributed by atoms with Crippen molar-refractivity contribution >= 4 is 34.4 Å². The van der Waals surface area contributed by atoms with Gasteiger partial charge in [0.25, 0.3) is 5.91 Å². The second kappa shape index (κ2) is 11.7. The second-order valence-corrected chi connectivity index (χ2v) is 10.3. The maximum atomic E-state index is 13.2. The minimum atomic E-state index is -0.398. The van der Waals surface area contributed by atoms with Gasteiger partial charge in [0.1, 0.15) is 5.82 Å². The van der Waals surface area contributed by atoms with Gasteiger partial charge in [-0.2, -0.15) is 0 Å². The number of para-hydroxylation sites is 1. The van der Waals surface area contributed by atoms with E-state index in [1.807, 2.05) is 49.0 Å². The normalized spacial score (nSPS) is 15.7. The topological polar surface area (TPSA) is 121 Å². The number of nitrogen functional groups attached to an aromatic ring is 1. The van der Waals surface area contributed by atoms with Crippen LogP contribution in [0.1, 0.15) is 48.3 Å². The minimum absolute atomic E-state index is 0.0500. The van der Waals surface area contributed by atoms with Gasteiger partial charge >= 0.3 is 0 Å². The molecule has 1 atom stereocenters. The lowest BCUT2D eigenvalue weighted by atomic mass is 10.1. The molecule has 2 aromatic heterocycles. The number of rotatable bonds is 9. The van der Waals surface area contributed by atoms with E-state index in [0.717, 1.165) is 47.2 Å². The van der Waals surface area contributed by atoms with Crippen molar-refractivity contribution in [2.75, 3.05) is 44.4 Å². The van der Waals surface area contributed by atoms with E-state index in [1.54, 1.807) is 0 Å². The molecule has 0 bridgehead atoms. The summed E-state index contributed by atoms with van der Waals surface area (Å²) in [6.07, 6.45) is 4.85. The number of likely N-dealkylation sites (tertiary alicyclic amines) is 1. The Balaban J connectivity index is 1.51. The summed E-state index contributed by atoms with van der Waals surface area (Å²) in [7, 11) is 3.84. The van der Waals surface area contributed by atoms with Gasteiger partial charge in [0.2, 0.25) is 5.91 Å². The van der Waals surface area contributed by atoms with Crippen molar-refractivity contribution in [2.24, 2.45) is 0 Å². The highest BCUT2D eigenvalue weighted by Crippen LogP contribution is 2.26. The van der Waals surface area contributed by atoms with E-state index < -0.39 is 5.91 Å². The highest BCUT2D eigenvalue weighted by Gasteiger charge is 2.33. The molecule has 202 valence electrons. The molecule has 1 aliphatic heterocycles. The van der Waals surface area contributed by atoms with E-state index in [-0.39, 0.29) is 30.0 Å². The molecule has 0 aliphatic carbocycles. The van der Waals surface area contributed by atoms with Gasteiger partial charge in [0.05, 0.1) is 11.6 Å². The standard InChI is InChI=1S/C28H38N8O2/c1-18(2)36-13-7-10-22(36)28(38)35(5)15-14-34(4)26-21(16-20-9-6-8-19(3)23(20)33-26)17-32-27(37)24-25(29)31-12-11-30-24/h6,8-9,11-12,16,18,22H,7,10,13-15,17H2,1-5H3,(H2,29,31)(H,32,37)/t22-/m1/s1. The van der Waals surface area contributed by atoms with Crippen molar-refractivity contribution in [3.05, 3.63) is 53.5 Å². The zero-order valence-electron chi connectivity index (χ0n) is 22.9. The third kappa shape index (κ3) is 5.85. The van der Waals surface area contributed by atoms with Crippen molar-refractivity contribution in [2.45, 2.75) is 52.2 Å². The summed E-state index contributed by atoms with van der Waals surface area (Å²) in [6, 6.07) is 8.39. The van der Waals surface area contributed by atoms with Gasteiger partial charge in [0.15, 0.2) is 11.5 Å². The number of hydrogen-bond acceptors (Lipinski definition) is 8. The van der Waals surface area contributed by atoms with Crippen LogP contribution in [0, 0.1) is 6.92 Å². The molecular formula is C28H38N8O2. The van der Waals surface area contributed by atoms with Gasteiger partial charge in [-0.1, -0.05) is 18.2 Å². The number of nitrogens with zero attached hydrogens (tertiary/aromatic N) is 6. The lowest BCUT2D eigenvalue weighted by Crippen LogP contribution is -2.48. The average Bonchev–Trinajstić information content (AvgIpc) is 3.40. The molecule has 0 radical (unpaired) electrons. The van der Waals surface area contributed by atoms with Crippen LogP contribution in [0.4, 0.5) is 11.6 Å². The van der Waals surface area contributed by atoms with E-state index in [1.165, 1.54) is 12.4 Å². The number of likely N-dealkylation sites (N-methyl/N-ethyl adjacent to an activating group) is 2. The van der Waals surface area contributed by atoms with Crippen LogP contribution in [-0.4, -0.2) is 82.4 Å². The zero-order chi connectivity index (χ0) is 27.4. The highest BCUT2D eigenvalue weighted by molar-refractivity contribution is 5.96. The van der Waals surface area contributed by atoms with Crippen LogP contribution in [0.5, 0.6) is 0 Å². The lowest BCUT2D eigenvalue weighted by molar-refractivity contribution is -0.135. The van der Waals surface area contributed by atoms with E-state index >= 15 is 0 Å². The predicted molar refractivity (Wildman–Crippen MR) is 150 cm³/mol. The average molecular weight is 519 g/mol. The number of amides is 2. The number of benzene rings is 1. The molecule has 2 amide bonds. The van der Waals surface area contributed by atoms with Crippen molar-refractivity contribution in [3.63, 3.8) is 0 Å². The first-order valence-corrected chi connectivity index (χ1v) is 13.1. The first-order chi connectivity index (χ1) is 18.2. The molecule has 0 spiro atoms. The van der Waals surface area contributed by atoms with Crippen molar-refractivity contribution < 1.29 is 9.59 Å². The number of aryl methyl sites for hydroxylation is 1. The van der Waals surface area contributed by atoms with Crippen LogP contribution in [0.2, 0.25) is 0 Å². The van der Waals surface area contributed by atoms with Gasteiger partial charge in [-0.25, -0.2) is 15.0 Å². The Morgan fingerprint density at radius 3 is 2.68 bits per heavy atom. The van der Waals surface area contributed by atoms with Gasteiger partial charge in [-0.15, -0.1) is 0 Å². The first kappa shape index (κ1) is 27.3. The van der Waals surface area contributed by atoms with Crippen LogP contribution in [0.25, 0.3) is 10.9 Å². The number of anilines is 2. The quantitative estimate of drug-likeness (QED) is 0.444. The van der Waals surface area contributed by atoms with E-state index in [2.05, 4.69) is 40.1 Å². The number of aromatic nitrogens is 3. The molecular weight excluding hydrogens is 480 g/mol. The Labute approximate surface area is 224 Å². The molecule has 1 aromatic carbocycles. The summed E-state index contributed by atoms with van der Waals surface area (Å²) < 4.78 is 0. The summed E-state index contributed by atoms with van der Waals surface area (Å²) in [6.45, 7) is 8.69. The minimum Gasteiger partial charge on any atom is -0.382 e. The molecule has 0 saturated carbocycles. The summed E-state index contributed by atoms with van der Waals surface area (Å²) in [5.74, 6) is 0.608. The SMILES string of the molecule is Cc1cccc2cc(CNC(=O)c3nccnc3N)c(N(C)CCN(C)C(=O)[C@H]3CCCN3C(C)C)nc12. The van der Waals surface area contributed by atoms with Gasteiger partial charge in [0, 0.05) is 63.1 Å². The Bertz CT molecular complexity index is 1310. The van der Waals surface area contributed by atoms with Gasteiger partial charge in [-0.3, -0.25) is 14.5 Å². The second-order valence-electron chi connectivity index (χ2n) is 10.3. The molecule has 1 fully saturated rings. The third-order valence-electron chi connectivity index (χ3n) is 7.24. The maximum absolute atomic E-state index is 13.2. The maximum Gasteiger partial charge on any atom is 0.273 e. The lowest BCUT2D eigenvalue weighted by Gasteiger charge is -2.31. The van der Waals surface area contributed by atoms with Crippen LogP contribution < -0.4 is 16.0 Å². The largest absolute Gasteiger partial charge is 0.382 e. The molecule has 1 aliphatic rings. The highest BCUT2D eigenvalue weighted by atomic mass is 16.2. The molecule has 0 unspecified atom stereocenters. The molecule has 10 nitrogen and oxygen atoms in total. The predicted octanol–water partition coefficient (Wildman–Crippen LogP) is 2.61. The Morgan fingerprint density at radius 1 is 1.18 bits per heavy atom.